The Bertz CT molecular complexity index is 1570. The number of hydrogen-bond acceptors (Lipinski definition) is 9. The second-order valence-electron chi connectivity index (χ2n) is 9.27. The van der Waals surface area contributed by atoms with Crippen LogP contribution in [0.15, 0.2) is 52.2 Å². The zero-order valence-corrected chi connectivity index (χ0v) is 24.0. The van der Waals surface area contributed by atoms with E-state index in [9.17, 15) is 24.1 Å². The minimum atomic E-state index is -0.986. The lowest BCUT2D eigenvalue weighted by atomic mass is 9.95. The number of thioether (sulfide) groups is 1. The molecule has 0 spiro atoms. The first-order valence-electron chi connectivity index (χ1n) is 12.5. The Kier molecular flexibility index (Phi) is 9.01. The van der Waals surface area contributed by atoms with Gasteiger partial charge >= 0.3 is 0 Å². The fourth-order valence-electron chi connectivity index (χ4n) is 5.19. The van der Waals surface area contributed by atoms with Crippen LogP contribution in [0, 0.1) is 15.9 Å². The number of fused-ring (bicyclic) bond motifs is 3. The van der Waals surface area contributed by atoms with Gasteiger partial charge in [-0.2, -0.15) is 0 Å². The summed E-state index contributed by atoms with van der Waals surface area (Å²) in [7, 11) is 6.15. The average molecular weight is 585 g/mol. The molecule has 0 radical (unpaired) electrons. The molecule has 0 unspecified atom stereocenters. The Morgan fingerprint density at radius 1 is 1.07 bits per heavy atom. The molecule has 41 heavy (non-hydrogen) atoms. The molecule has 1 aliphatic rings. The highest BCUT2D eigenvalue weighted by molar-refractivity contribution is 7.98. The number of benzene rings is 2. The number of carbonyl (C=O) groups excluding carboxylic acids is 1. The van der Waals surface area contributed by atoms with Crippen molar-refractivity contribution < 1.29 is 33.3 Å². The maximum atomic E-state index is 14.4. The molecule has 1 atom stereocenters. The quantitative estimate of drug-likeness (QED) is 0.193. The number of ether oxygens (including phenoxy) is 3. The normalized spacial score (nSPS) is 13.8. The summed E-state index contributed by atoms with van der Waals surface area (Å²) >= 11 is 1.31. The highest BCUT2D eigenvalue weighted by atomic mass is 32.2. The topological polar surface area (TPSA) is 117 Å². The molecule has 12 heteroatoms. The summed E-state index contributed by atoms with van der Waals surface area (Å²) in [6, 6.07) is 9.85. The maximum Gasteiger partial charge on any atom is 0.294 e. The van der Waals surface area contributed by atoms with Crippen molar-refractivity contribution in [2.75, 3.05) is 34.6 Å². The van der Waals surface area contributed by atoms with Gasteiger partial charge < -0.3 is 23.9 Å². The van der Waals surface area contributed by atoms with E-state index in [2.05, 4.69) is 4.84 Å². The summed E-state index contributed by atoms with van der Waals surface area (Å²) in [5.74, 6) is 0.0978. The predicted molar refractivity (Wildman–Crippen MR) is 151 cm³/mol. The lowest BCUT2D eigenvalue weighted by Crippen LogP contribution is -2.32. The molecule has 216 valence electrons. The largest absolute Gasteiger partial charge is 0.493 e. The van der Waals surface area contributed by atoms with Crippen molar-refractivity contribution in [1.82, 2.24) is 4.90 Å². The SMILES string of the molecule is COc1cc2c(c(OC)c1OC)CC[C@H](N(C)C(=O)c1cc(F)cc(CO[N+](=O)[O-])c1)c1cc(=O)c(SC)ccc1-2. The Morgan fingerprint density at radius 3 is 2.44 bits per heavy atom. The van der Waals surface area contributed by atoms with Crippen LogP contribution in [0.5, 0.6) is 17.2 Å². The van der Waals surface area contributed by atoms with Gasteiger partial charge in [-0.3, -0.25) is 9.59 Å². The standard InChI is InChI=1S/C29H29FN2O8S/c1-31(29(34)17-10-16(11-18(30)12-17)15-40-32(35)36)23-8-6-20-21(14-25(37-2)28(39-4)27(20)38-3)19-7-9-26(41-5)24(33)13-22(19)23/h7,9-14,23H,6,8,15H2,1-5H3/t23-/m0/s1. The van der Waals surface area contributed by atoms with Crippen LogP contribution in [0.2, 0.25) is 0 Å². The van der Waals surface area contributed by atoms with Gasteiger partial charge in [0, 0.05) is 18.2 Å². The van der Waals surface area contributed by atoms with Crippen LogP contribution in [-0.2, 0) is 17.9 Å². The number of amides is 1. The van der Waals surface area contributed by atoms with Gasteiger partial charge in [-0.15, -0.1) is 21.9 Å². The molecular formula is C29H29FN2O8S. The fraction of sp³-hybridized carbons (Fsp3) is 0.310. The molecule has 0 aromatic heterocycles. The Labute approximate surface area is 240 Å². The summed E-state index contributed by atoms with van der Waals surface area (Å²) < 4.78 is 31.4. The molecule has 3 aromatic carbocycles. The molecule has 0 aliphatic heterocycles. The van der Waals surface area contributed by atoms with Crippen molar-refractivity contribution >= 4 is 17.7 Å². The van der Waals surface area contributed by atoms with Gasteiger partial charge in [0.2, 0.25) is 5.75 Å². The van der Waals surface area contributed by atoms with E-state index in [0.717, 1.165) is 23.3 Å². The summed E-state index contributed by atoms with van der Waals surface area (Å²) in [5.41, 5.74) is 2.82. The van der Waals surface area contributed by atoms with Crippen LogP contribution in [0.3, 0.4) is 0 Å². The van der Waals surface area contributed by atoms with E-state index in [4.69, 9.17) is 14.2 Å². The molecule has 10 nitrogen and oxygen atoms in total. The Morgan fingerprint density at radius 2 is 1.80 bits per heavy atom. The molecular weight excluding hydrogens is 555 g/mol. The van der Waals surface area contributed by atoms with E-state index in [0.29, 0.717) is 46.1 Å². The lowest BCUT2D eigenvalue weighted by molar-refractivity contribution is -0.763. The van der Waals surface area contributed by atoms with Crippen LogP contribution in [0.4, 0.5) is 4.39 Å². The van der Waals surface area contributed by atoms with E-state index in [-0.39, 0.29) is 16.6 Å². The van der Waals surface area contributed by atoms with Crippen molar-refractivity contribution in [2.45, 2.75) is 30.4 Å². The second kappa shape index (κ2) is 12.5. The first kappa shape index (κ1) is 29.7. The first-order chi connectivity index (χ1) is 19.6. The maximum absolute atomic E-state index is 14.4. The minimum absolute atomic E-state index is 0.00821. The van der Waals surface area contributed by atoms with Crippen molar-refractivity contribution in [1.29, 1.82) is 0 Å². The molecule has 1 aliphatic carbocycles. The number of halogens is 1. The predicted octanol–water partition coefficient (Wildman–Crippen LogP) is 5.07. The molecule has 4 rings (SSSR count). The van der Waals surface area contributed by atoms with E-state index >= 15 is 0 Å². The Balaban J connectivity index is 1.88. The van der Waals surface area contributed by atoms with Crippen LogP contribution in [-0.4, -0.2) is 50.5 Å². The summed E-state index contributed by atoms with van der Waals surface area (Å²) in [6.07, 6.45) is 2.66. The number of nitrogens with zero attached hydrogens (tertiary/aromatic N) is 2. The lowest BCUT2D eigenvalue weighted by Gasteiger charge is -2.28. The molecule has 0 fully saturated rings. The van der Waals surface area contributed by atoms with Crippen LogP contribution >= 0.6 is 11.8 Å². The molecule has 0 saturated heterocycles. The monoisotopic (exact) mass is 584 g/mol. The molecule has 1 amide bonds. The highest BCUT2D eigenvalue weighted by Crippen LogP contribution is 2.49. The van der Waals surface area contributed by atoms with Gasteiger partial charge in [0.05, 0.1) is 32.3 Å². The van der Waals surface area contributed by atoms with Crippen LogP contribution in [0.1, 0.15) is 39.5 Å². The number of hydrogen-bond donors (Lipinski definition) is 0. The molecule has 0 N–H and O–H groups in total. The fourth-order valence-corrected chi connectivity index (χ4v) is 5.65. The average Bonchev–Trinajstić information content (AvgIpc) is 3.21. The van der Waals surface area contributed by atoms with E-state index in [1.165, 1.54) is 50.1 Å². The van der Waals surface area contributed by atoms with E-state index in [1.807, 2.05) is 18.4 Å². The molecule has 3 aromatic rings. The molecule has 0 bridgehead atoms. The van der Waals surface area contributed by atoms with E-state index in [1.54, 1.807) is 13.1 Å². The zero-order chi connectivity index (χ0) is 29.8. The van der Waals surface area contributed by atoms with Crippen LogP contribution < -0.4 is 19.6 Å². The Hall–Kier alpha value is -4.32. The smallest absolute Gasteiger partial charge is 0.294 e. The summed E-state index contributed by atoms with van der Waals surface area (Å²) in [4.78, 5) is 43.9. The second-order valence-corrected chi connectivity index (χ2v) is 10.1. The van der Waals surface area contributed by atoms with Crippen molar-refractivity contribution in [3.8, 4) is 28.4 Å². The first-order valence-corrected chi connectivity index (χ1v) is 13.7. The van der Waals surface area contributed by atoms with Crippen LogP contribution in [0.25, 0.3) is 11.1 Å². The van der Waals surface area contributed by atoms with Gasteiger partial charge in [-0.25, -0.2) is 4.39 Å². The summed E-state index contributed by atoms with van der Waals surface area (Å²) in [6.45, 7) is -0.507. The number of methoxy groups -OCH3 is 3. The van der Waals surface area contributed by atoms with Gasteiger partial charge in [-0.1, -0.05) is 6.07 Å². The third-order valence-electron chi connectivity index (χ3n) is 7.04. The number of rotatable bonds is 9. The van der Waals surface area contributed by atoms with Gasteiger partial charge in [0.1, 0.15) is 12.4 Å². The third kappa shape index (κ3) is 5.92. The number of carbonyl (C=O) groups is 1. The van der Waals surface area contributed by atoms with Crippen molar-refractivity contribution in [2.24, 2.45) is 0 Å². The highest BCUT2D eigenvalue weighted by Gasteiger charge is 2.32. The molecule has 0 heterocycles. The summed E-state index contributed by atoms with van der Waals surface area (Å²) in [5, 5.41) is 9.64. The van der Waals surface area contributed by atoms with Gasteiger partial charge in [0.15, 0.2) is 16.9 Å². The minimum Gasteiger partial charge on any atom is -0.493 e. The van der Waals surface area contributed by atoms with Gasteiger partial charge in [-0.05, 0) is 77.7 Å². The van der Waals surface area contributed by atoms with E-state index < -0.39 is 29.5 Å². The van der Waals surface area contributed by atoms with Gasteiger partial charge in [0.25, 0.3) is 11.0 Å². The molecule has 0 saturated carbocycles. The zero-order valence-electron chi connectivity index (χ0n) is 23.2. The van der Waals surface area contributed by atoms with Crippen molar-refractivity contribution in [3.05, 3.63) is 90.9 Å². The van der Waals surface area contributed by atoms with Crippen molar-refractivity contribution in [3.63, 3.8) is 0 Å². The third-order valence-corrected chi connectivity index (χ3v) is 7.82.